The molecular weight excluding hydrogens is 200 g/mol. The molecule has 0 aliphatic heterocycles. The van der Waals surface area contributed by atoms with Crippen molar-refractivity contribution >= 4 is 11.0 Å². The Morgan fingerprint density at radius 2 is 2.13 bits per heavy atom. The van der Waals surface area contributed by atoms with Crippen LogP contribution in [0, 0.1) is 0 Å². The summed E-state index contributed by atoms with van der Waals surface area (Å²) >= 11 is 0. The van der Waals surface area contributed by atoms with Gasteiger partial charge in [-0.25, -0.2) is 4.98 Å². The fourth-order valence-corrected chi connectivity index (χ4v) is 1.59. The highest BCUT2D eigenvalue weighted by atomic mass is 19.3. The molecule has 3 nitrogen and oxygen atoms in total. The molecule has 5 heteroatoms. The molecule has 2 rings (SSSR count). The van der Waals surface area contributed by atoms with E-state index >= 15 is 0 Å². The number of hydrogen-bond acceptors (Lipinski definition) is 2. The zero-order valence-corrected chi connectivity index (χ0v) is 8.24. The van der Waals surface area contributed by atoms with E-state index in [9.17, 15) is 8.78 Å². The Balaban J connectivity index is 2.63. The van der Waals surface area contributed by atoms with Crippen molar-refractivity contribution in [1.29, 1.82) is 0 Å². The Morgan fingerprint density at radius 3 is 2.80 bits per heavy atom. The number of rotatable bonds is 3. The van der Waals surface area contributed by atoms with E-state index in [2.05, 4.69) is 10.3 Å². The molecule has 0 saturated heterocycles. The van der Waals surface area contributed by atoms with E-state index in [1.807, 2.05) is 0 Å². The molecule has 0 spiro atoms. The lowest BCUT2D eigenvalue weighted by atomic mass is 10.3. The quantitative estimate of drug-likeness (QED) is 0.843. The van der Waals surface area contributed by atoms with Crippen molar-refractivity contribution in [2.24, 2.45) is 0 Å². The summed E-state index contributed by atoms with van der Waals surface area (Å²) in [5, 5.41) is 2.82. The number of benzene rings is 1. The minimum Gasteiger partial charge on any atom is -0.313 e. The molecule has 0 saturated carbocycles. The van der Waals surface area contributed by atoms with Gasteiger partial charge in [-0.1, -0.05) is 12.1 Å². The van der Waals surface area contributed by atoms with Gasteiger partial charge in [0.1, 0.15) is 5.82 Å². The number of hydrogen-bond donors (Lipinski definition) is 1. The van der Waals surface area contributed by atoms with Gasteiger partial charge in [-0.15, -0.1) is 0 Å². The van der Waals surface area contributed by atoms with E-state index in [0.29, 0.717) is 23.4 Å². The van der Waals surface area contributed by atoms with Crippen LogP contribution in [0.4, 0.5) is 8.78 Å². The molecule has 0 atom stereocenters. The van der Waals surface area contributed by atoms with Crippen LogP contribution in [-0.4, -0.2) is 16.6 Å². The van der Waals surface area contributed by atoms with Gasteiger partial charge in [0.05, 0.1) is 17.6 Å². The van der Waals surface area contributed by atoms with Crippen LogP contribution in [0.25, 0.3) is 11.0 Å². The lowest BCUT2D eigenvalue weighted by Crippen LogP contribution is -2.12. The Hall–Kier alpha value is -1.49. The van der Waals surface area contributed by atoms with Crippen LogP contribution >= 0.6 is 0 Å². The number of fused-ring (bicyclic) bond motifs is 1. The Labute approximate surface area is 85.7 Å². The minimum absolute atomic E-state index is 0.332. The number of nitrogens with zero attached hydrogens (tertiary/aromatic N) is 2. The SMILES string of the molecule is CNCc1nc2ccccc2n1C(F)F. The van der Waals surface area contributed by atoms with Gasteiger partial charge in [0, 0.05) is 0 Å². The van der Waals surface area contributed by atoms with Crippen molar-refractivity contribution in [3.8, 4) is 0 Å². The third-order valence-corrected chi connectivity index (χ3v) is 2.20. The molecule has 2 aromatic rings. The third kappa shape index (κ3) is 1.70. The number of imidazole rings is 1. The van der Waals surface area contributed by atoms with Crippen molar-refractivity contribution in [2.75, 3.05) is 7.05 Å². The second-order valence-corrected chi connectivity index (χ2v) is 3.19. The molecule has 0 unspecified atom stereocenters. The number of nitrogens with one attached hydrogen (secondary N) is 1. The number of halogens is 2. The minimum atomic E-state index is -2.55. The Morgan fingerprint density at radius 1 is 1.40 bits per heavy atom. The predicted octanol–water partition coefficient (Wildman–Crippen LogP) is 2.15. The first-order valence-corrected chi connectivity index (χ1v) is 4.62. The molecule has 1 aromatic heterocycles. The summed E-state index contributed by atoms with van der Waals surface area (Å²) in [5.41, 5.74) is 1.07. The van der Waals surface area contributed by atoms with Gasteiger partial charge >= 0.3 is 6.55 Å². The van der Waals surface area contributed by atoms with E-state index in [-0.39, 0.29) is 0 Å². The first-order valence-electron chi connectivity index (χ1n) is 4.62. The van der Waals surface area contributed by atoms with Gasteiger partial charge in [-0.05, 0) is 19.2 Å². The Kier molecular flexibility index (Phi) is 2.64. The molecule has 1 aromatic carbocycles. The van der Waals surface area contributed by atoms with Crippen LogP contribution < -0.4 is 5.32 Å². The molecule has 1 N–H and O–H groups in total. The molecular formula is C10H11F2N3. The largest absolute Gasteiger partial charge is 0.320 e. The maximum Gasteiger partial charge on any atom is 0.320 e. The van der Waals surface area contributed by atoms with Crippen LogP contribution in [0.2, 0.25) is 0 Å². The molecule has 0 aliphatic carbocycles. The first-order chi connectivity index (χ1) is 7.24. The molecule has 0 bridgehead atoms. The predicted molar refractivity (Wildman–Crippen MR) is 53.7 cm³/mol. The van der Waals surface area contributed by atoms with E-state index in [0.717, 1.165) is 4.57 Å². The van der Waals surface area contributed by atoms with E-state index in [1.54, 1.807) is 31.3 Å². The number of para-hydroxylation sites is 2. The summed E-state index contributed by atoms with van der Waals surface area (Å²) in [4.78, 5) is 4.14. The van der Waals surface area contributed by atoms with Gasteiger partial charge in [0.2, 0.25) is 0 Å². The maximum atomic E-state index is 12.8. The average molecular weight is 211 g/mol. The number of aromatic nitrogens is 2. The van der Waals surface area contributed by atoms with E-state index in [4.69, 9.17) is 0 Å². The van der Waals surface area contributed by atoms with Gasteiger partial charge in [0.15, 0.2) is 0 Å². The summed E-state index contributed by atoms with van der Waals surface area (Å²) in [5.74, 6) is 0.355. The van der Waals surface area contributed by atoms with Gasteiger partial charge in [0.25, 0.3) is 0 Å². The number of alkyl halides is 2. The Bertz CT molecular complexity index is 465. The zero-order chi connectivity index (χ0) is 10.8. The fraction of sp³-hybridized carbons (Fsp3) is 0.300. The third-order valence-electron chi connectivity index (χ3n) is 2.20. The van der Waals surface area contributed by atoms with Crippen LogP contribution in [0.1, 0.15) is 12.4 Å². The van der Waals surface area contributed by atoms with Crippen LogP contribution in [0.3, 0.4) is 0 Å². The molecule has 80 valence electrons. The molecule has 15 heavy (non-hydrogen) atoms. The smallest absolute Gasteiger partial charge is 0.313 e. The fourth-order valence-electron chi connectivity index (χ4n) is 1.59. The maximum absolute atomic E-state index is 12.8. The van der Waals surface area contributed by atoms with E-state index < -0.39 is 6.55 Å². The van der Waals surface area contributed by atoms with Crippen LogP contribution in [0.5, 0.6) is 0 Å². The zero-order valence-electron chi connectivity index (χ0n) is 8.24. The highest BCUT2D eigenvalue weighted by Crippen LogP contribution is 2.22. The second kappa shape index (κ2) is 3.94. The second-order valence-electron chi connectivity index (χ2n) is 3.19. The van der Waals surface area contributed by atoms with Crippen molar-refractivity contribution < 1.29 is 8.78 Å². The van der Waals surface area contributed by atoms with Gasteiger partial charge in [-0.2, -0.15) is 8.78 Å². The molecule has 0 fully saturated rings. The first kappa shape index (κ1) is 10.0. The molecule has 1 heterocycles. The summed E-state index contributed by atoms with van der Waals surface area (Å²) in [6.07, 6.45) is 0. The van der Waals surface area contributed by atoms with Crippen molar-refractivity contribution in [3.05, 3.63) is 30.1 Å². The standard InChI is InChI=1S/C10H11F2N3/c1-13-6-9-14-7-4-2-3-5-8(7)15(9)10(11)12/h2-5,10,13H,6H2,1H3. The lowest BCUT2D eigenvalue weighted by Gasteiger charge is -2.06. The van der Waals surface area contributed by atoms with Crippen molar-refractivity contribution in [2.45, 2.75) is 13.1 Å². The highest BCUT2D eigenvalue weighted by Gasteiger charge is 2.16. The normalized spacial score (nSPS) is 11.5. The van der Waals surface area contributed by atoms with E-state index in [1.165, 1.54) is 0 Å². The van der Waals surface area contributed by atoms with Crippen molar-refractivity contribution in [3.63, 3.8) is 0 Å². The topological polar surface area (TPSA) is 29.9 Å². The van der Waals surface area contributed by atoms with Gasteiger partial charge in [-0.3, -0.25) is 4.57 Å². The van der Waals surface area contributed by atoms with Crippen LogP contribution in [0.15, 0.2) is 24.3 Å². The molecule has 0 radical (unpaired) electrons. The summed E-state index contributed by atoms with van der Waals surface area (Å²) < 4.78 is 26.6. The van der Waals surface area contributed by atoms with Gasteiger partial charge < -0.3 is 5.32 Å². The lowest BCUT2D eigenvalue weighted by molar-refractivity contribution is 0.0712. The summed E-state index contributed by atoms with van der Waals surface area (Å²) in [6, 6.07) is 6.89. The molecule has 0 amide bonds. The summed E-state index contributed by atoms with van der Waals surface area (Å²) in [7, 11) is 1.70. The highest BCUT2D eigenvalue weighted by molar-refractivity contribution is 5.75. The average Bonchev–Trinajstić information content (AvgIpc) is 2.56. The molecule has 0 aliphatic rings. The van der Waals surface area contributed by atoms with Crippen LogP contribution in [-0.2, 0) is 6.54 Å². The summed E-state index contributed by atoms with van der Waals surface area (Å²) in [6.45, 7) is -2.22. The van der Waals surface area contributed by atoms with Crippen molar-refractivity contribution in [1.82, 2.24) is 14.9 Å². The monoisotopic (exact) mass is 211 g/mol.